The van der Waals surface area contributed by atoms with Crippen LogP contribution in [0.2, 0.25) is 0 Å². The number of aryl methyl sites for hydroxylation is 1. The number of H-pyrrole nitrogens is 1. The fourth-order valence-corrected chi connectivity index (χ4v) is 2.42. The second kappa shape index (κ2) is 6.19. The summed E-state index contributed by atoms with van der Waals surface area (Å²) in [5.74, 6) is 0.00834. The number of carbonyl (C=O) groups excluding carboxylic acids is 1. The third kappa shape index (κ3) is 3.12. The SMILES string of the molecule is Cc1ccc(-c2[nH]ncc2CNC(=O)c2ccc(Br)o2)cc1. The first kappa shape index (κ1) is 14.6. The molecule has 0 aliphatic heterocycles. The number of amides is 1. The zero-order chi connectivity index (χ0) is 15.5. The number of halogens is 1. The fraction of sp³-hybridized carbons (Fsp3) is 0.125. The van der Waals surface area contributed by atoms with Crippen molar-refractivity contribution in [2.75, 3.05) is 0 Å². The van der Waals surface area contributed by atoms with Gasteiger partial charge in [-0.1, -0.05) is 29.8 Å². The van der Waals surface area contributed by atoms with Gasteiger partial charge in [-0.2, -0.15) is 5.10 Å². The molecule has 0 saturated heterocycles. The minimum Gasteiger partial charge on any atom is -0.444 e. The zero-order valence-electron chi connectivity index (χ0n) is 11.9. The lowest BCUT2D eigenvalue weighted by Gasteiger charge is -2.05. The highest BCUT2D eigenvalue weighted by Gasteiger charge is 2.12. The average molecular weight is 360 g/mol. The predicted octanol–water partition coefficient (Wildman–Crippen LogP) is 3.67. The lowest BCUT2D eigenvalue weighted by Crippen LogP contribution is -2.22. The summed E-state index contributed by atoms with van der Waals surface area (Å²) in [4.78, 5) is 12.0. The molecule has 0 aliphatic rings. The van der Waals surface area contributed by atoms with Crippen molar-refractivity contribution < 1.29 is 9.21 Å². The van der Waals surface area contributed by atoms with Gasteiger partial charge in [0.25, 0.3) is 5.91 Å². The maximum absolute atomic E-state index is 12.0. The molecule has 3 rings (SSSR count). The molecule has 0 unspecified atom stereocenters. The molecule has 0 atom stereocenters. The van der Waals surface area contributed by atoms with Crippen molar-refractivity contribution in [3.05, 3.63) is 64.2 Å². The van der Waals surface area contributed by atoms with Gasteiger partial charge < -0.3 is 9.73 Å². The summed E-state index contributed by atoms with van der Waals surface area (Å²) in [6.07, 6.45) is 1.72. The number of hydrogen-bond acceptors (Lipinski definition) is 3. The molecule has 112 valence electrons. The normalized spacial score (nSPS) is 10.6. The Morgan fingerprint density at radius 1 is 1.27 bits per heavy atom. The Morgan fingerprint density at radius 2 is 2.05 bits per heavy atom. The maximum atomic E-state index is 12.0. The number of nitrogens with one attached hydrogen (secondary N) is 2. The van der Waals surface area contributed by atoms with Crippen molar-refractivity contribution in [2.45, 2.75) is 13.5 Å². The van der Waals surface area contributed by atoms with Crippen LogP contribution in [0.5, 0.6) is 0 Å². The van der Waals surface area contributed by atoms with Crippen LogP contribution in [0.1, 0.15) is 21.7 Å². The maximum Gasteiger partial charge on any atom is 0.287 e. The highest BCUT2D eigenvalue weighted by molar-refractivity contribution is 9.10. The molecule has 0 bridgehead atoms. The summed E-state index contributed by atoms with van der Waals surface area (Å²) >= 11 is 3.18. The van der Waals surface area contributed by atoms with Crippen LogP contribution in [-0.4, -0.2) is 16.1 Å². The summed E-state index contributed by atoms with van der Waals surface area (Å²) in [5, 5.41) is 9.87. The van der Waals surface area contributed by atoms with E-state index in [4.69, 9.17) is 4.42 Å². The lowest BCUT2D eigenvalue weighted by atomic mass is 10.1. The minimum atomic E-state index is -0.262. The van der Waals surface area contributed by atoms with Crippen LogP contribution >= 0.6 is 15.9 Å². The topological polar surface area (TPSA) is 70.9 Å². The van der Waals surface area contributed by atoms with Gasteiger partial charge in [0.15, 0.2) is 10.4 Å². The summed E-state index contributed by atoms with van der Waals surface area (Å²) < 4.78 is 5.75. The second-order valence-electron chi connectivity index (χ2n) is 4.92. The fourth-order valence-electron chi connectivity index (χ4n) is 2.11. The van der Waals surface area contributed by atoms with Gasteiger partial charge in [-0.05, 0) is 40.5 Å². The second-order valence-corrected chi connectivity index (χ2v) is 5.70. The molecule has 0 fully saturated rings. The number of furan rings is 1. The largest absolute Gasteiger partial charge is 0.444 e. The smallest absolute Gasteiger partial charge is 0.287 e. The monoisotopic (exact) mass is 359 g/mol. The first-order chi connectivity index (χ1) is 10.6. The quantitative estimate of drug-likeness (QED) is 0.746. The molecular weight excluding hydrogens is 346 g/mol. The van der Waals surface area contributed by atoms with Gasteiger partial charge >= 0.3 is 0 Å². The van der Waals surface area contributed by atoms with Crippen LogP contribution in [0.4, 0.5) is 0 Å². The van der Waals surface area contributed by atoms with Crippen LogP contribution in [-0.2, 0) is 6.54 Å². The molecule has 1 amide bonds. The van der Waals surface area contributed by atoms with Crippen molar-refractivity contribution in [1.82, 2.24) is 15.5 Å². The number of hydrogen-bond donors (Lipinski definition) is 2. The van der Waals surface area contributed by atoms with E-state index in [0.29, 0.717) is 11.2 Å². The van der Waals surface area contributed by atoms with E-state index >= 15 is 0 Å². The standard InChI is InChI=1S/C16H14BrN3O2/c1-10-2-4-11(5-3-10)15-12(9-19-20-15)8-18-16(21)13-6-7-14(17)22-13/h2-7,9H,8H2,1H3,(H,18,21)(H,19,20). The first-order valence-corrected chi connectivity index (χ1v) is 7.55. The van der Waals surface area contributed by atoms with E-state index in [1.165, 1.54) is 5.56 Å². The molecule has 0 saturated carbocycles. The average Bonchev–Trinajstić information content (AvgIpc) is 3.14. The van der Waals surface area contributed by atoms with Gasteiger partial charge in [-0.15, -0.1) is 0 Å². The number of carbonyl (C=O) groups is 1. The van der Waals surface area contributed by atoms with Crippen LogP contribution < -0.4 is 5.32 Å². The van der Waals surface area contributed by atoms with Crippen LogP contribution in [0.15, 0.2) is 51.7 Å². The Balaban J connectivity index is 1.73. The van der Waals surface area contributed by atoms with Gasteiger partial charge in [0.05, 0.1) is 11.9 Å². The van der Waals surface area contributed by atoms with Crippen molar-refractivity contribution in [3.8, 4) is 11.3 Å². The molecule has 2 N–H and O–H groups in total. The number of nitrogens with zero attached hydrogens (tertiary/aromatic N) is 1. The third-order valence-electron chi connectivity index (χ3n) is 3.29. The summed E-state index contributed by atoms with van der Waals surface area (Å²) in [6, 6.07) is 11.4. The molecule has 0 radical (unpaired) electrons. The molecule has 5 nitrogen and oxygen atoms in total. The van der Waals surface area contributed by atoms with E-state index in [1.54, 1.807) is 18.3 Å². The molecule has 2 aromatic heterocycles. The minimum absolute atomic E-state index is 0.262. The van der Waals surface area contributed by atoms with Crippen LogP contribution in [0.3, 0.4) is 0 Å². The Hall–Kier alpha value is -2.34. The molecule has 3 aromatic rings. The van der Waals surface area contributed by atoms with E-state index in [2.05, 4.69) is 31.4 Å². The summed E-state index contributed by atoms with van der Waals surface area (Å²) in [6.45, 7) is 2.41. The van der Waals surface area contributed by atoms with Crippen molar-refractivity contribution in [3.63, 3.8) is 0 Å². The number of aromatic nitrogens is 2. The van der Waals surface area contributed by atoms with Gasteiger partial charge in [0, 0.05) is 12.1 Å². The van der Waals surface area contributed by atoms with E-state index in [0.717, 1.165) is 16.8 Å². The number of aromatic amines is 1. The van der Waals surface area contributed by atoms with Crippen molar-refractivity contribution in [1.29, 1.82) is 0 Å². The Labute approximate surface area is 135 Å². The zero-order valence-corrected chi connectivity index (χ0v) is 13.5. The molecule has 0 spiro atoms. The summed E-state index contributed by atoms with van der Waals surface area (Å²) in [7, 11) is 0. The number of benzene rings is 1. The third-order valence-corrected chi connectivity index (χ3v) is 3.72. The lowest BCUT2D eigenvalue weighted by molar-refractivity contribution is 0.0922. The van der Waals surface area contributed by atoms with Gasteiger partial charge in [0.2, 0.25) is 0 Å². The Morgan fingerprint density at radius 3 is 2.73 bits per heavy atom. The van der Waals surface area contributed by atoms with Crippen molar-refractivity contribution >= 4 is 21.8 Å². The van der Waals surface area contributed by atoms with E-state index in [-0.39, 0.29) is 11.7 Å². The molecule has 0 aliphatic carbocycles. The van der Waals surface area contributed by atoms with Crippen LogP contribution in [0, 0.1) is 6.92 Å². The highest BCUT2D eigenvalue weighted by atomic mass is 79.9. The van der Waals surface area contributed by atoms with E-state index in [1.807, 2.05) is 31.2 Å². The Kier molecular flexibility index (Phi) is 4.11. The number of rotatable bonds is 4. The van der Waals surface area contributed by atoms with E-state index in [9.17, 15) is 4.79 Å². The van der Waals surface area contributed by atoms with Gasteiger partial charge in [0.1, 0.15) is 0 Å². The molecule has 6 heteroatoms. The highest BCUT2D eigenvalue weighted by Crippen LogP contribution is 2.21. The molecular formula is C16H14BrN3O2. The first-order valence-electron chi connectivity index (χ1n) is 6.76. The molecule has 1 aromatic carbocycles. The van der Waals surface area contributed by atoms with Gasteiger partial charge in [-0.25, -0.2) is 0 Å². The van der Waals surface area contributed by atoms with Crippen molar-refractivity contribution in [2.24, 2.45) is 0 Å². The molecule has 22 heavy (non-hydrogen) atoms. The van der Waals surface area contributed by atoms with E-state index < -0.39 is 0 Å². The molecule has 2 heterocycles. The summed E-state index contributed by atoms with van der Waals surface area (Å²) in [5.41, 5.74) is 4.05. The van der Waals surface area contributed by atoms with Gasteiger partial charge in [-0.3, -0.25) is 9.89 Å². The predicted molar refractivity (Wildman–Crippen MR) is 86.3 cm³/mol. The Bertz CT molecular complexity index is 790. The van der Waals surface area contributed by atoms with Crippen LogP contribution in [0.25, 0.3) is 11.3 Å².